The maximum absolute atomic E-state index is 13.2. The topological polar surface area (TPSA) is 61.4 Å². The van der Waals surface area contributed by atoms with Crippen molar-refractivity contribution in [3.05, 3.63) is 65.5 Å². The predicted octanol–water partition coefficient (Wildman–Crippen LogP) is 3.86. The van der Waals surface area contributed by atoms with Crippen LogP contribution in [-0.2, 0) is 16.0 Å². The van der Waals surface area contributed by atoms with Gasteiger partial charge in [-0.1, -0.05) is 30.7 Å². The van der Waals surface area contributed by atoms with Gasteiger partial charge >= 0.3 is 0 Å². The summed E-state index contributed by atoms with van der Waals surface area (Å²) in [5.41, 5.74) is 2.73. The van der Waals surface area contributed by atoms with Gasteiger partial charge in [-0.3, -0.25) is 14.5 Å². The molecule has 0 saturated carbocycles. The van der Waals surface area contributed by atoms with E-state index in [1.54, 1.807) is 0 Å². The fraction of sp³-hybridized carbons (Fsp3) is 0.440. The lowest BCUT2D eigenvalue weighted by atomic mass is 9.79. The molecule has 164 valence electrons. The lowest BCUT2D eigenvalue weighted by Crippen LogP contribution is -2.52. The zero-order chi connectivity index (χ0) is 21.8. The van der Waals surface area contributed by atoms with Crippen molar-refractivity contribution >= 4 is 17.5 Å². The van der Waals surface area contributed by atoms with E-state index in [4.69, 9.17) is 0 Å². The minimum atomic E-state index is -0.300. The van der Waals surface area contributed by atoms with Crippen molar-refractivity contribution in [2.45, 2.75) is 50.5 Å². The molecule has 0 unspecified atom stereocenters. The van der Waals surface area contributed by atoms with Gasteiger partial charge in [-0.2, -0.15) is 0 Å². The minimum Gasteiger partial charge on any atom is -0.349 e. The van der Waals surface area contributed by atoms with Crippen molar-refractivity contribution in [2.24, 2.45) is 0 Å². The predicted molar refractivity (Wildman–Crippen MR) is 119 cm³/mol. The fourth-order valence-corrected chi connectivity index (χ4v) is 5.08. The second-order valence-corrected chi connectivity index (χ2v) is 8.88. The number of likely N-dealkylation sites (tertiary alicyclic amines) is 1. The van der Waals surface area contributed by atoms with Gasteiger partial charge in [-0.05, 0) is 54.7 Å². The Morgan fingerprint density at radius 3 is 2.81 bits per heavy atom. The Labute approximate surface area is 183 Å². The molecule has 2 heterocycles. The molecule has 1 spiro atoms. The molecule has 2 N–H and O–H groups in total. The first-order chi connectivity index (χ1) is 14.9. The van der Waals surface area contributed by atoms with Crippen LogP contribution in [0.15, 0.2) is 48.5 Å². The monoisotopic (exact) mass is 423 g/mol. The molecule has 0 radical (unpaired) electrons. The normalized spacial score (nSPS) is 24.1. The maximum Gasteiger partial charge on any atom is 0.221 e. The van der Waals surface area contributed by atoms with E-state index < -0.39 is 0 Å². The van der Waals surface area contributed by atoms with Gasteiger partial charge in [-0.25, -0.2) is 4.39 Å². The van der Waals surface area contributed by atoms with Crippen LogP contribution in [0.1, 0.15) is 49.7 Å². The summed E-state index contributed by atoms with van der Waals surface area (Å²) in [6.45, 7) is 4.00. The second-order valence-electron chi connectivity index (χ2n) is 8.88. The first-order valence-corrected chi connectivity index (χ1v) is 11.1. The number of hydrogen-bond acceptors (Lipinski definition) is 3. The van der Waals surface area contributed by atoms with Gasteiger partial charge < -0.3 is 10.6 Å². The van der Waals surface area contributed by atoms with Gasteiger partial charge in [0.25, 0.3) is 0 Å². The molecule has 2 aliphatic heterocycles. The molecule has 2 aromatic carbocycles. The Hall–Kier alpha value is -2.73. The van der Waals surface area contributed by atoms with E-state index in [-0.39, 0.29) is 29.1 Å². The van der Waals surface area contributed by atoms with E-state index in [1.165, 1.54) is 19.1 Å². The van der Waals surface area contributed by atoms with E-state index in [0.29, 0.717) is 6.42 Å². The maximum atomic E-state index is 13.2. The zero-order valence-electron chi connectivity index (χ0n) is 18.0. The fourth-order valence-electron chi connectivity index (χ4n) is 5.08. The lowest BCUT2D eigenvalue weighted by molar-refractivity contribution is -0.122. The standard InChI is InChI=1S/C25H30FN3O2/c1-18(30)27-22-6-4-5-20(15-22)23-16-29(14-12-19-8-10-21(26)11-9-19)17-25(23)13-3-2-7-24(31)28-25/h4-6,8-11,15,23H,2-3,7,12-14,16-17H2,1H3,(H,27,30)(H,28,31)/t23-,25+/m0/s1. The number of nitrogens with one attached hydrogen (secondary N) is 2. The summed E-state index contributed by atoms with van der Waals surface area (Å²) < 4.78 is 13.2. The summed E-state index contributed by atoms with van der Waals surface area (Å²) in [5, 5.41) is 6.25. The largest absolute Gasteiger partial charge is 0.349 e. The minimum absolute atomic E-state index is 0.0954. The van der Waals surface area contributed by atoms with Crippen molar-refractivity contribution < 1.29 is 14.0 Å². The highest BCUT2D eigenvalue weighted by Gasteiger charge is 2.48. The van der Waals surface area contributed by atoms with Crippen LogP contribution >= 0.6 is 0 Å². The number of carbonyl (C=O) groups excluding carboxylic acids is 2. The Kier molecular flexibility index (Phi) is 6.37. The SMILES string of the molecule is CC(=O)Nc1cccc([C@@H]2CN(CCc3ccc(F)cc3)C[C@]23CCCCC(=O)N3)c1. The molecule has 0 aromatic heterocycles. The number of benzene rings is 2. The summed E-state index contributed by atoms with van der Waals surface area (Å²) in [6, 6.07) is 14.7. The van der Waals surface area contributed by atoms with E-state index in [2.05, 4.69) is 21.6 Å². The molecule has 2 aromatic rings. The van der Waals surface area contributed by atoms with E-state index in [0.717, 1.165) is 62.1 Å². The van der Waals surface area contributed by atoms with Crippen LogP contribution < -0.4 is 10.6 Å². The Morgan fingerprint density at radius 1 is 1.23 bits per heavy atom. The van der Waals surface area contributed by atoms with Crippen molar-refractivity contribution in [1.29, 1.82) is 0 Å². The molecule has 2 aliphatic rings. The zero-order valence-corrected chi connectivity index (χ0v) is 18.0. The first kappa shape index (κ1) is 21.5. The van der Waals surface area contributed by atoms with Crippen LogP contribution in [0.5, 0.6) is 0 Å². The molecule has 2 saturated heterocycles. The number of amides is 2. The van der Waals surface area contributed by atoms with Crippen molar-refractivity contribution in [1.82, 2.24) is 10.2 Å². The molecule has 0 aliphatic carbocycles. The van der Waals surface area contributed by atoms with Gasteiger partial charge in [0.2, 0.25) is 11.8 Å². The van der Waals surface area contributed by atoms with E-state index in [9.17, 15) is 14.0 Å². The average Bonchev–Trinajstić information content (AvgIpc) is 2.97. The van der Waals surface area contributed by atoms with Crippen molar-refractivity contribution in [2.75, 3.05) is 25.0 Å². The van der Waals surface area contributed by atoms with Gasteiger partial charge in [0.15, 0.2) is 0 Å². The highest BCUT2D eigenvalue weighted by Crippen LogP contribution is 2.41. The highest BCUT2D eigenvalue weighted by molar-refractivity contribution is 5.88. The van der Waals surface area contributed by atoms with Crippen molar-refractivity contribution in [3.8, 4) is 0 Å². The Bertz CT molecular complexity index is 946. The average molecular weight is 424 g/mol. The third-order valence-corrected chi connectivity index (χ3v) is 6.52. The van der Waals surface area contributed by atoms with Crippen LogP contribution in [0.3, 0.4) is 0 Å². The number of rotatable bonds is 5. The number of nitrogens with zero attached hydrogens (tertiary/aromatic N) is 1. The van der Waals surface area contributed by atoms with Crippen molar-refractivity contribution in [3.63, 3.8) is 0 Å². The quantitative estimate of drug-likeness (QED) is 0.768. The van der Waals surface area contributed by atoms with Gasteiger partial charge in [0, 0.05) is 44.6 Å². The molecule has 2 atom stereocenters. The number of anilines is 1. The summed E-state index contributed by atoms with van der Waals surface area (Å²) in [6.07, 6.45) is 4.30. The number of hydrogen-bond donors (Lipinski definition) is 2. The third-order valence-electron chi connectivity index (χ3n) is 6.52. The third kappa shape index (κ3) is 5.13. The van der Waals surface area contributed by atoms with Gasteiger partial charge in [0.1, 0.15) is 5.82 Å². The second kappa shape index (κ2) is 9.18. The van der Waals surface area contributed by atoms with Crippen LogP contribution in [-0.4, -0.2) is 41.9 Å². The lowest BCUT2D eigenvalue weighted by Gasteiger charge is -2.35. The molecular formula is C25H30FN3O2. The van der Waals surface area contributed by atoms with Gasteiger partial charge in [-0.15, -0.1) is 0 Å². The van der Waals surface area contributed by atoms with E-state index >= 15 is 0 Å². The summed E-state index contributed by atoms with van der Waals surface area (Å²) in [7, 11) is 0. The molecular weight excluding hydrogens is 393 g/mol. The smallest absolute Gasteiger partial charge is 0.221 e. The molecule has 31 heavy (non-hydrogen) atoms. The Balaban J connectivity index is 1.57. The summed E-state index contributed by atoms with van der Waals surface area (Å²) >= 11 is 0. The molecule has 0 bridgehead atoms. The van der Waals surface area contributed by atoms with E-state index in [1.807, 2.05) is 30.3 Å². The van der Waals surface area contributed by atoms with Gasteiger partial charge in [0.05, 0.1) is 5.54 Å². The number of carbonyl (C=O) groups is 2. The first-order valence-electron chi connectivity index (χ1n) is 11.1. The van der Waals surface area contributed by atoms with Crippen LogP contribution in [0.4, 0.5) is 10.1 Å². The molecule has 6 heteroatoms. The number of halogens is 1. The summed E-state index contributed by atoms with van der Waals surface area (Å²) in [4.78, 5) is 26.5. The highest BCUT2D eigenvalue weighted by atomic mass is 19.1. The van der Waals surface area contributed by atoms with Crippen LogP contribution in [0.2, 0.25) is 0 Å². The molecule has 4 rings (SSSR count). The van der Waals surface area contributed by atoms with Crippen LogP contribution in [0.25, 0.3) is 0 Å². The molecule has 2 fully saturated rings. The van der Waals surface area contributed by atoms with Crippen LogP contribution in [0, 0.1) is 5.82 Å². The Morgan fingerprint density at radius 2 is 2.03 bits per heavy atom. The summed E-state index contributed by atoms with van der Waals surface area (Å²) in [5.74, 6) is -0.0384. The molecule has 2 amide bonds. The molecule has 5 nitrogen and oxygen atoms in total.